The van der Waals surface area contributed by atoms with Gasteiger partial charge in [-0.05, 0) is 59.4 Å². The number of nitrogens with zero attached hydrogens (tertiary/aromatic N) is 1. The molecule has 0 amide bonds. The Labute approximate surface area is 117 Å². The van der Waals surface area contributed by atoms with Gasteiger partial charge in [0.1, 0.15) is 5.75 Å². The third-order valence-electron chi connectivity index (χ3n) is 3.56. The molecular weight excluding hydrogens is 292 g/mol. The lowest BCUT2D eigenvalue weighted by Gasteiger charge is -2.27. The Bertz CT molecular complexity index is 407. The Morgan fingerprint density at radius 2 is 2.22 bits per heavy atom. The molecular formula is C14H21BrN2O. The largest absolute Gasteiger partial charge is 0.496 e. The molecule has 1 aromatic rings. The summed E-state index contributed by atoms with van der Waals surface area (Å²) in [6.07, 6.45) is 2.74. The molecule has 0 saturated heterocycles. The summed E-state index contributed by atoms with van der Waals surface area (Å²) < 4.78 is 6.24. The van der Waals surface area contributed by atoms with Crippen molar-refractivity contribution in [2.75, 3.05) is 27.2 Å². The highest BCUT2D eigenvalue weighted by molar-refractivity contribution is 9.10. The van der Waals surface area contributed by atoms with Gasteiger partial charge >= 0.3 is 0 Å². The summed E-state index contributed by atoms with van der Waals surface area (Å²) in [5, 5.41) is 0. The summed E-state index contributed by atoms with van der Waals surface area (Å²) in [6, 6.07) is 6.49. The molecule has 2 N–H and O–H groups in total. The Balaban J connectivity index is 2.12. The van der Waals surface area contributed by atoms with E-state index in [0.717, 1.165) is 22.7 Å². The van der Waals surface area contributed by atoms with E-state index in [1.54, 1.807) is 7.11 Å². The van der Waals surface area contributed by atoms with Crippen molar-refractivity contribution in [2.45, 2.75) is 18.9 Å². The van der Waals surface area contributed by atoms with Gasteiger partial charge in [0.25, 0.3) is 0 Å². The fourth-order valence-electron chi connectivity index (χ4n) is 2.30. The predicted molar refractivity (Wildman–Crippen MR) is 77.8 cm³/mol. The zero-order chi connectivity index (χ0) is 13.1. The molecule has 0 aliphatic heterocycles. The summed E-state index contributed by atoms with van der Waals surface area (Å²) in [5.74, 6) is 1.74. The van der Waals surface area contributed by atoms with Crippen molar-refractivity contribution in [3.05, 3.63) is 28.2 Å². The van der Waals surface area contributed by atoms with E-state index in [-0.39, 0.29) is 6.04 Å². The van der Waals surface area contributed by atoms with Crippen LogP contribution in [0.1, 0.15) is 24.4 Å². The second kappa shape index (κ2) is 6.04. The third kappa shape index (κ3) is 3.25. The highest BCUT2D eigenvalue weighted by atomic mass is 79.9. The maximum atomic E-state index is 5.93. The lowest BCUT2D eigenvalue weighted by Crippen LogP contribution is -2.32. The maximum Gasteiger partial charge on any atom is 0.133 e. The van der Waals surface area contributed by atoms with E-state index in [4.69, 9.17) is 10.5 Å². The van der Waals surface area contributed by atoms with Crippen LogP contribution in [-0.4, -0.2) is 32.1 Å². The van der Waals surface area contributed by atoms with Gasteiger partial charge in [-0.2, -0.15) is 0 Å². The van der Waals surface area contributed by atoms with Crippen molar-refractivity contribution < 1.29 is 4.74 Å². The number of hydrogen-bond donors (Lipinski definition) is 1. The second-order valence-corrected chi connectivity index (χ2v) is 5.88. The highest BCUT2D eigenvalue weighted by Crippen LogP contribution is 2.33. The van der Waals surface area contributed by atoms with Gasteiger partial charge in [0.05, 0.1) is 11.6 Å². The molecule has 3 nitrogen and oxygen atoms in total. The molecule has 1 aromatic carbocycles. The number of benzene rings is 1. The molecule has 1 saturated carbocycles. The molecule has 0 bridgehead atoms. The molecule has 0 spiro atoms. The fourth-order valence-corrected chi connectivity index (χ4v) is 2.85. The standard InChI is InChI=1S/C14H21BrN2O/c1-17(9-10-3-4-10)13(8-16)11-5-6-14(18-2)12(15)7-11/h5-7,10,13H,3-4,8-9,16H2,1-2H3. The van der Waals surface area contributed by atoms with Gasteiger partial charge in [-0.3, -0.25) is 4.90 Å². The van der Waals surface area contributed by atoms with Gasteiger partial charge in [0, 0.05) is 19.1 Å². The SMILES string of the molecule is COc1ccc(C(CN)N(C)CC2CC2)cc1Br. The van der Waals surface area contributed by atoms with Crippen molar-refractivity contribution in [3.8, 4) is 5.75 Å². The van der Waals surface area contributed by atoms with Crippen molar-refractivity contribution in [1.82, 2.24) is 4.90 Å². The number of hydrogen-bond acceptors (Lipinski definition) is 3. The van der Waals surface area contributed by atoms with E-state index in [1.165, 1.54) is 18.4 Å². The van der Waals surface area contributed by atoms with E-state index in [1.807, 2.05) is 6.07 Å². The van der Waals surface area contributed by atoms with Crippen LogP contribution in [-0.2, 0) is 0 Å². The summed E-state index contributed by atoms with van der Waals surface area (Å²) in [5.41, 5.74) is 7.18. The number of likely N-dealkylation sites (N-methyl/N-ethyl adjacent to an activating group) is 1. The van der Waals surface area contributed by atoms with Crippen molar-refractivity contribution in [3.63, 3.8) is 0 Å². The van der Waals surface area contributed by atoms with Gasteiger partial charge in [0.15, 0.2) is 0 Å². The number of rotatable bonds is 6. The first-order valence-corrected chi connectivity index (χ1v) is 7.18. The molecule has 1 aliphatic rings. The van der Waals surface area contributed by atoms with Crippen LogP contribution in [0.25, 0.3) is 0 Å². The quantitative estimate of drug-likeness (QED) is 0.878. The van der Waals surface area contributed by atoms with Gasteiger partial charge < -0.3 is 10.5 Å². The molecule has 0 radical (unpaired) electrons. The molecule has 1 unspecified atom stereocenters. The van der Waals surface area contributed by atoms with E-state index < -0.39 is 0 Å². The minimum absolute atomic E-state index is 0.285. The fraction of sp³-hybridized carbons (Fsp3) is 0.571. The van der Waals surface area contributed by atoms with Crippen LogP contribution < -0.4 is 10.5 Å². The molecule has 1 aliphatic carbocycles. The maximum absolute atomic E-state index is 5.93. The van der Waals surface area contributed by atoms with Crippen LogP contribution in [0, 0.1) is 5.92 Å². The van der Waals surface area contributed by atoms with Gasteiger partial charge in [-0.1, -0.05) is 6.07 Å². The van der Waals surface area contributed by atoms with Gasteiger partial charge in [-0.25, -0.2) is 0 Å². The van der Waals surface area contributed by atoms with Crippen molar-refractivity contribution >= 4 is 15.9 Å². The first-order valence-electron chi connectivity index (χ1n) is 6.39. The highest BCUT2D eigenvalue weighted by Gasteiger charge is 2.26. The predicted octanol–water partition coefficient (Wildman–Crippen LogP) is 2.80. The molecule has 2 rings (SSSR count). The van der Waals surface area contributed by atoms with Gasteiger partial charge in [-0.15, -0.1) is 0 Å². The van der Waals surface area contributed by atoms with Crippen LogP contribution in [0.4, 0.5) is 0 Å². The average molecular weight is 313 g/mol. The average Bonchev–Trinajstić information content (AvgIpc) is 3.14. The molecule has 0 heterocycles. The zero-order valence-corrected chi connectivity index (χ0v) is 12.6. The molecule has 1 fully saturated rings. The lowest BCUT2D eigenvalue weighted by atomic mass is 10.1. The zero-order valence-electron chi connectivity index (χ0n) is 11.0. The second-order valence-electron chi connectivity index (χ2n) is 5.03. The Hall–Kier alpha value is -0.580. The first-order chi connectivity index (χ1) is 8.65. The molecule has 0 aromatic heterocycles. The minimum Gasteiger partial charge on any atom is -0.496 e. The van der Waals surface area contributed by atoms with Crippen molar-refractivity contribution in [2.24, 2.45) is 11.7 Å². The number of halogens is 1. The lowest BCUT2D eigenvalue weighted by molar-refractivity contribution is 0.240. The summed E-state index contributed by atoms with van der Waals surface area (Å²) in [6.45, 7) is 1.79. The van der Waals surface area contributed by atoms with E-state index in [2.05, 4.69) is 40.0 Å². The monoisotopic (exact) mass is 312 g/mol. The minimum atomic E-state index is 0.285. The van der Waals surface area contributed by atoms with Crippen molar-refractivity contribution in [1.29, 1.82) is 0 Å². The Kier molecular flexibility index (Phi) is 4.65. The van der Waals surface area contributed by atoms with Crippen LogP contribution in [0.5, 0.6) is 5.75 Å². The Morgan fingerprint density at radius 1 is 1.50 bits per heavy atom. The van der Waals surface area contributed by atoms with Crippen LogP contribution in [0.2, 0.25) is 0 Å². The van der Waals surface area contributed by atoms with E-state index in [9.17, 15) is 0 Å². The van der Waals surface area contributed by atoms with Crippen LogP contribution >= 0.6 is 15.9 Å². The van der Waals surface area contributed by atoms with E-state index in [0.29, 0.717) is 6.54 Å². The number of ether oxygens (including phenoxy) is 1. The third-order valence-corrected chi connectivity index (χ3v) is 4.18. The summed E-state index contributed by atoms with van der Waals surface area (Å²) in [4.78, 5) is 2.37. The summed E-state index contributed by atoms with van der Waals surface area (Å²) in [7, 11) is 3.84. The summed E-state index contributed by atoms with van der Waals surface area (Å²) >= 11 is 3.53. The smallest absolute Gasteiger partial charge is 0.133 e. The topological polar surface area (TPSA) is 38.5 Å². The van der Waals surface area contributed by atoms with Crippen LogP contribution in [0.3, 0.4) is 0 Å². The van der Waals surface area contributed by atoms with Gasteiger partial charge in [0.2, 0.25) is 0 Å². The van der Waals surface area contributed by atoms with Crippen LogP contribution in [0.15, 0.2) is 22.7 Å². The Morgan fingerprint density at radius 3 is 2.72 bits per heavy atom. The first kappa shape index (κ1) is 13.8. The number of methoxy groups -OCH3 is 1. The number of nitrogens with two attached hydrogens (primary N) is 1. The normalized spacial score (nSPS) is 16.9. The molecule has 1 atom stereocenters. The molecule has 4 heteroatoms. The van der Waals surface area contributed by atoms with E-state index >= 15 is 0 Å². The molecule has 100 valence electrons. The molecule has 18 heavy (non-hydrogen) atoms.